The SMILES string of the molecule is CCOC(=O)C(C)(C)Oc1ccc(-c2cc(Cl)cc(F)c2NS(=O)(=O)c2cncc(C)c2C)cc1. The van der Waals surface area contributed by atoms with Gasteiger partial charge in [0.1, 0.15) is 16.5 Å². The van der Waals surface area contributed by atoms with Gasteiger partial charge in [-0.05, 0) is 75.6 Å². The number of carbonyl (C=O) groups is 1. The van der Waals surface area contributed by atoms with Crippen LogP contribution in [0.3, 0.4) is 0 Å². The number of nitrogens with zero attached hydrogens (tertiary/aromatic N) is 1. The maximum absolute atomic E-state index is 15.0. The zero-order valence-corrected chi connectivity index (χ0v) is 21.6. The molecule has 0 saturated carbocycles. The molecule has 10 heteroatoms. The largest absolute Gasteiger partial charge is 0.476 e. The van der Waals surface area contributed by atoms with Crippen molar-refractivity contribution >= 4 is 33.3 Å². The van der Waals surface area contributed by atoms with Crippen molar-refractivity contribution in [2.24, 2.45) is 0 Å². The molecule has 1 N–H and O–H groups in total. The first-order chi connectivity index (χ1) is 16.4. The van der Waals surface area contributed by atoms with E-state index >= 15 is 0 Å². The number of rotatable bonds is 8. The minimum Gasteiger partial charge on any atom is -0.476 e. The average Bonchev–Trinajstić information content (AvgIpc) is 2.77. The molecule has 35 heavy (non-hydrogen) atoms. The number of sulfonamides is 1. The highest BCUT2D eigenvalue weighted by Gasteiger charge is 2.31. The Morgan fingerprint density at radius 2 is 1.80 bits per heavy atom. The Balaban J connectivity index is 1.98. The van der Waals surface area contributed by atoms with E-state index in [0.29, 0.717) is 22.4 Å². The highest BCUT2D eigenvalue weighted by Crippen LogP contribution is 2.36. The monoisotopic (exact) mass is 520 g/mol. The molecule has 7 nitrogen and oxygen atoms in total. The van der Waals surface area contributed by atoms with Gasteiger partial charge in [-0.1, -0.05) is 23.7 Å². The van der Waals surface area contributed by atoms with Crippen LogP contribution in [0.15, 0.2) is 53.7 Å². The number of pyridine rings is 1. The van der Waals surface area contributed by atoms with Gasteiger partial charge in [0.05, 0.1) is 12.3 Å². The summed E-state index contributed by atoms with van der Waals surface area (Å²) < 4.78 is 54.3. The Morgan fingerprint density at radius 1 is 1.14 bits per heavy atom. The third-order valence-corrected chi connectivity index (χ3v) is 6.99. The summed E-state index contributed by atoms with van der Waals surface area (Å²) in [5, 5.41) is 0.0950. The van der Waals surface area contributed by atoms with Gasteiger partial charge >= 0.3 is 5.97 Å². The van der Waals surface area contributed by atoms with Crippen LogP contribution in [0.2, 0.25) is 5.02 Å². The van der Waals surface area contributed by atoms with Crippen molar-refractivity contribution in [3.63, 3.8) is 0 Å². The van der Waals surface area contributed by atoms with Crippen LogP contribution < -0.4 is 9.46 Å². The van der Waals surface area contributed by atoms with Gasteiger partial charge in [-0.2, -0.15) is 0 Å². The Hall–Kier alpha value is -3.17. The molecule has 0 bridgehead atoms. The maximum Gasteiger partial charge on any atom is 0.349 e. The van der Waals surface area contributed by atoms with Gasteiger partial charge < -0.3 is 9.47 Å². The minimum absolute atomic E-state index is 0.0530. The summed E-state index contributed by atoms with van der Waals surface area (Å²) in [4.78, 5) is 16.0. The molecule has 0 fully saturated rings. The fourth-order valence-electron chi connectivity index (χ4n) is 3.31. The second-order valence-electron chi connectivity index (χ2n) is 8.35. The molecule has 0 aliphatic carbocycles. The van der Waals surface area contributed by atoms with Gasteiger partial charge in [0.25, 0.3) is 10.0 Å². The molecule has 0 atom stereocenters. The van der Waals surface area contributed by atoms with E-state index in [9.17, 15) is 17.6 Å². The number of aryl methyl sites for hydroxylation is 1. The Labute approximate surface area is 209 Å². The minimum atomic E-state index is -4.15. The van der Waals surface area contributed by atoms with E-state index in [2.05, 4.69) is 9.71 Å². The van der Waals surface area contributed by atoms with E-state index in [1.165, 1.54) is 12.3 Å². The summed E-state index contributed by atoms with van der Waals surface area (Å²) in [6.07, 6.45) is 2.77. The Kier molecular flexibility index (Phi) is 7.71. The molecule has 3 rings (SSSR count). The molecule has 0 aliphatic heterocycles. The molecule has 1 heterocycles. The Morgan fingerprint density at radius 3 is 2.43 bits per heavy atom. The number of esters is 1. The lowest BCUT2D eigenvalue weighted by Gasteiger charge is -2.24. The van der Waals surface area contributed by atoms with Crippen LogP contribution in [-0.4, -0.2) is 31.6 Å². The van der Waals surface area contributed by atoms with Gasteiger partial charge in [-0.3, -0.25) is 9.71 Å². The lowest BCUT2D eigenvalue weighted by atomic mass is 10.0. The summed E-state index contributed by atoms with van der Waals surface area (Å²) in [7, 11) is -4.15. The lowest BCUT2D eigenvalue weighted by Crippen LogP contribution is -2.39. The van der Waals surface area contributed by atoms with Crippen molar-refractivity contribution in [3.8, 4) is 16.9 Å². The van der Waals surface area contributed by atoms with Gasteiger partial charge in [-0.15, -0.1) is 0 Å². The summed E-state index contributed by atoms with van der Waals surface area (Å²) in [6, 6.07) is 8.88. The van der Waals surface area contributed by atoms with E-state index in [1.54, 1.807) is 65.1 Å². The van der Waals surface area contributed by atoms with E-state index < -0.39 is 27.4 Å². The van der Waals surface area contributed by atoms with Crippen LogP contribution in [0.1, 0.15) is 31.9 Å². The zero-order valence-electron chi connectivity index (χ0n) is 20.0. The predicted octanol–water partition coefficient (Wildman–Crippen LogP) is 5.68. The smallest absolute Gasteiger partial charge is 0.349 e. The van der Waals surface area contributed by atoms with Crippen LogP contribution >= 0.6 is 11.6 Å². The molecule has 1 aromatic heterocycles. The first-order valence-electron chi connectivity index (χ1n) is 10.8. The van der Waals surface area contributed by atoms with Crippen molar-refractivity contribution in [2.75, 3.05) is 11.3 Å². The van der Waals surface area contributed by atoms with Crippen molar-refractivity contribution < 1.29 is 27.1 Å². The molecule has 3 aromatic rings. The normalized spacial score (nSPS) is 11.7. The third-order valence-electron chi connectivity index (χ3n) is 5.31. The van der Waals surface area contributed by atoms with Crippen molar-refractivity contribution in [3.05, 3.63) is 70.8 Å². The summed E-state index contributed by atoms with van der Waals surface area (Å²) in [5.74, 6) is -0.977. The topological polar surface area (TPSA) is 94.6 Å². The number of benzene rings is 2. The average molecular weight is 521 g/mol. The van der Waals surface area contributed by atoms with Gasteiger partial charge in [0.15, 0.2) is 5.60 Å². The van der Waals surface area contributed by atoms with Gasteiger partial charge in [0, 0.05) is 23.0 Å². The molecule has 0 saturated heterocycles. The molecule has 2 aromatic carbocycles. The predicted molar refractivity (Wildman–Crippen MR) is 133 cm³/mol. The Bertz CT molecular complexity index is 1360. The van der Waals surface area contributed by atoms with Crippen LogP contribution in [0.25, 0.3) is 11.1 Å². The number of halogens is 2. The van der Waals surface area contributed by atoms with Gasteiger partial charge in [0.2, 0.25) is 0 Å². The molecule has 0 radical (unpaired) electrons. The number of hydrogen-bond acceptors (Lipinski definition) is 6. The number of nitrogens with one attached hydrogen (secondary N) is 1. The lowest BCUT2D eigenvalue weighted by molar-refractivity contribution is -0.158. The molecule has 0 spiro atoms. The van der Waals surface area contributed by atoms with Crippen LogP contribution in [-0.2, 0) is 19.6 Å². The molecule has 0 unspecified atom stereocenters. The maximum atomic E-state index is 15.0. The number of ether oxygens (including phenoxy) is 2. The fourth-order valence-corrected chi connectivity index (χ4v) is 4.87. The van der Waals surface area contributed by atoms with Crippen molar-refractivity contribution in [1.29, 1.82) is 0 Å². The van der Waals surface area contributed by atoms with Crippen LogP contribution in [0, 0.1) is 19.7 Å². The quantitative estimate of drug-likeness (QED) is 0.384. The fraction of sp³-hybridized carbons (Fsp3) is 0.280. The summed E-state index contributed by atoms with van der Waals surface area (Å²) >= 11 is 6.09. The van der Waals surface area contributed by atoms with E-state index in [0.717, 1.165) is 6.07 Å². The number of hydrogen-bond donors (Lipinski definition) is 1. The van der Waals surface area contributed by atoms with E-state index in [-0.39, 0.29) is 27.8 Å². The highest BCUT2D eigenvalue weighted by molar-refractivity contribution is 7.92. The second kappa shape index (κ2) is 10.2. The zero-order chi connectivity index (χ0) is 26.0. The molecular weight excluding hydrogens is 495 g/mol. The third kappa shape index (κ3) is 5.91. The summed E-state index contributed by atoms with van der Waals surface area (Å²) in [5.41, 5.74) is 0.425. The van der Waals surface area contributed by atoms with Crippen LogP contribution in [0.5, 0.6) is 5.75 Å². The first-order valence-corrected chi connectivity index (χ1v) is 12.6. The van der Waals surface area contributed by atoms with Crippen LogP contribution in [0.4, 0.5) is 10.1 Å². The molecular formula is C25H26ClFN2O5S. The number of aromatic nitrogens is 1. The molecule has 0 amide bonds. The first kappa shape index (κ1) is 26.4. The van der Waals surface area contributed by atoms with Gasteiger partial charge in [-0.25, -0.2) is 17.6 Å². The van der Waals surface area contributed by atoms with E-state index in [1.807, 2.05) is 0 Å². The summed E-state index contributed by atoms with van der Waals surface area (Å²) in [6.45, 7) is 8.49. The molecule has 0 aliphatic rings. The standard InChI is InChI=1S/C25H26ClFN2O5S/c1-6-33-24(30)25(4,5)34-19-9-7-17(8-10-19)20-11-18(26)12-21(27)23(20)29-35(31,32)22-14-28-13-15(2)16(22)3/h7-14,29H,6H2,1-5H3. The second-order valence-corrected chi connectivity index (χ2v) is 10.4. The van der Waals surface area contributed by atoms with Crippen molar-refractivity contribution in [2.45, 2.75) is 45.1 Å². The molecule has 186 valence electrons. The highest BCUT2D eigenvalue weighted by atomic mass is 35.5. The van der Waals surface area contributed by atoms with E-state index in [4.69, 9.17) is 21.1 Å². The van der Waals surface area contributed by atoms with Crippen molar-refractivity contribution in [1.82, 2.24) is 4.98 Å². The number of anilines is 1. The number of carbonyl (C=O) groups excluding carboxylic acids is 1.